The van der Waals surface area contributed by atoms with E-state index in [4.69, 9.17) is 28.9 Å². The second kappa shape index (κ2) is 8.15. The number of halogens is 2. The molecule has 4 nitrogen and oxygen atoms in total. The van der Waals surface area contributed by atoms with E-state index < -0.39 is 0 Å². The number of nitrogens with zero attached hydrogens (tertiary/aromatic N) is 1. The van der Waals surface area contributed by atoms with Crippen LogP contribution in [0.1, 0.15) is 44.1 Å². The van der Waals surface area contributed by atoms with Crippen LogP contribution in [0.2, 0.25) is 10.0 Å². The maximum atomic E-state index is 12.9. The smallest absolute Gasteiger partial charge is 0.227 e. The van der Waals surface area contributed by atoms with Gasteiger partial charge in [-0.25, -0.2) is 0 Å². The molecule has 0 spiro atoms. The van der Waals surface area contributed by atoms with Gasteiger partial charge in [0.1, 0.15) is 0 Å². The molecule has 1 aliphatic carbocycles. The highest BCUT2D eigenvalue weighted by Crippen LogP contribution is 2.34. The molecule has 3 atom stereocenters. The van der Waals surface area contributed by atoms with E-state index >= 15 is 0 Å². The lowest BCUT2D eigenvalue weighted by atomic mass is 9.78. The topological polar surface area (TPSA) is 58.4 Å². The van der Waals surface area contributed by atoms with Crippen molar-refractivity contribution in [1.29, 1.82) is 0 Å². The van der Waals surface area contributed by atoms with Gasteiger partial charge in [-0.1, -0.05) is 36.0 Å². The zero-order valence-electron chi connectivity index (χ0n) is 14.7. The van der Waals surface area contributed by atoms with Crippen molar-refractivity contribution in [3.63, 3.8) is 0 Å². The molecule has 2 fully saturated rings. The molecule has 1 aliphatic heterocycles. The van der Waals surface area contributed by atoms with Crippen LogP contribution >= 0.6 is 23.2 Å². The second-order valence-corrected chi connectivity index (χ2v) is 8.18. The average molecular weight is 384 g/mol. The van der Waals surface area contributed by atoms with Gasteiger partial charge in [0.05, 0.1) is 16.5 Å². The number of carbonyl (C=O) groups is 1. The quantitative estimate of drug-likeness (QED) is 0.775. The minimum atomic E-state index is 0.0972. The summed E-state index contributed by atoms with van der Waals surface area (Å²) in [5.74, 6) is 0.649. The Hall–Kier alpha value is -0.970. The van der Waals surface area contributed by atoms with Crippen LogP contribution < -0.4 is 11.1 Å². The molecule has 1 saturated heterocycles. The number of nitrogens with two attached hydrogens (primary N) is 1. The normalized spacial score (nSPS) is 26.6. The highest BCUT2D eigenvalue weighted by atomic mass is 35.5. The number of benzene rings is 1. The molecule has 0 bridgehead atoms. The first kappa shape index (κ1) is 18.8. The predicted molar refractivity (Wildman–Crippen MR) is 104 cm³/mol. The van der Waals surface area contributed by atoms with Crippen molar-refractivity contribution >= 4 is 34.8 Å². The summed E-state index contributed by atoms with van der Waals surface area (Å²) in [5.41, 5.74) is 7.29. The van der Waals surface area contributed by atoms with Gasteiger partial charge in [-0.15, -0.1) is 0 Å². The van der Waals surface area contributed by atoms with Crippen LogP contribution in [-0.4, -0.2) is 36.5 Å². The summed E-state index contributed by atoms with van der Waals surface area (Å²) >= 11 is 12.1. The Morgan fingerprint density at radius 2 is 1.92 bits per heavy atom. The van der Waals surface area contributed by atoms with Crippen LogP contribution in [0.15, 0.2) is 12.1 Å². The Balaban J connectivity index is 1.71. The van der Waals surface area contributed by atoms with Gasteiger partial charge in [0.15, 0.2) is 0 Å². The number of rotatable bonds is 4. The van der Waals surface area contributed by atoms with Crippen LogP contribution in [0, 0.1) is 5.92 Å². The summed E-state index contributed by atoms with van der Waals surface area (Å²) in [4.78, 5) is 14.8. The maximum absolute atomic E-state index is 12.9. The zero-order chi connectivity index (χ0) is 18.0. The molecule has 6 heteroatoms. The van der Waals surface area contributed by atoms with E-state index in [1.165, 1.54) is 32.1 Å². The Bertz CT molecular complexity index is 631. The van der Waals surface area contributed by atoms with Crippen LogP contribution in [0.25, 0.3) is 0 Å². The predicted octanol–water partition coefficient (Wildman–Crippen LogP) is 3.89. The summed E-state index contributed by atoms with van der Waals surface area (Å²) < 4.78 is 0. The van der Waals surface area contributed by atoms with Gasteiger partial charge in [0.2, 0.25) is 5.91 Å². The van der Waals surface area contributed by atoms with E-state index in [9.17, 15) is 4.79 Å². The number of hydrogen-bond donors (Lipinski definition) is 2. The van der Waals surface area contributed by atoms with Crippen molar-refractivity contribution in [2.24, 2.45) is 5.92 Å². The van der Waals surface area contributed by atoms with E-state index in [0.29, 0.717) is 33.7 Å². The molecule has 1 aromatic rings. The van der Waals surface area contributed by atoms with Gasteiger partial charge in [0, 0.05) is 24.8 Å². The van der Waals surface area contributed by atoms with Crippen molar-refractivity contribution in [2.75, 3.05) is 19.3 Å². The van der Waals surface area contributed by atoms with Crippen LogP contribution in [0.3, 0.4) is 0 Å². The van der Waals surface area contributed by atoms with Gasteiger partial charge in [0.25, 0.3) is 0 Å². The maximum Gasteiger partial charge on any atom is 0.227 e. The monoisotopic (exact) mass is 383 g/mol. The summed E-state index contributed by atoms with van der Waals surface area (Å²) in [7, 11) is 1.94. The fourth-order valence-electron chi connectivity index (χ4n) is 4.40. The largest absolute Gasteiger partial charge is 0.398 e. The van der Waals surface area contributed by atoms with E-state index in [2.05, 4.69) is 5.32 Å². The van der Waals surface area contributed by atoms with E-state index in [0.717, 1.165) is 18.5 Å². The van der Waals surface area contributed by atoms with Crippen molar-refractivity contribution in [2.45, 2.75) is 57.0 Å². The summed E-state index contributed by atoms with van der Waals surface area (Å²) in [5, 5.41) is 4.49. The molecule has 1 saturated carbocycles. The molecule has 25 heavy (non-hydrogen) atoms. The molecule has 3 unspecified atom stereocenters. The standard InChI is InChI=1S/C19H27Cl2N3O/c1-24(18-7-3-2-5-13(18)17-6-4-8-23-17)19(25)10-12-9-14(20)15(21)11-16(12)22/h9,11,13,17-18,23H,2-8,10,22H2,1H3. The Morgan fingerprint density at radius 3 is 2.64 bits per heavy atom. The number of likely N-dealkylation sites (N-methyl/N-ethyl adjacent to an activating group) is 1. The lowest BCUT2D eigenvalue weighted by Crippen LogP contribution is -2.50. The molecule has 2 aliphatic rings. The molecule has 1 heterocycles. The number of hydrogen-bond acceptors (Lipinski definition) is 3. The van der Waals surface area contributed by atoms with Gasteiger partial charge in [-0.05, 0) is 55.8 Å². The highest BCUT2D eigenvalue weighted by Gasteiger charge is 2.36. The second-order valence-electron chi connectivity index (χ2n) is 7.37. The summed E-state index contributed by atoms with van der Waals surface area (Å²) in [6.07, 6.45) is 7.48. The Morgan fingerprint density at radius 1 is 1.20 bits per heavy atom. The molecule has 1 aromatic carbocycles. The molecule has 138 valence electrons. The fourth-order valence-corrected chi connectivity index (χ4v) is 4.75. The number of nitrogen functional groups attached to an aromatic ring is 1. The summed E-state index contributed by atoms with van der Waals surface area (Å²) in [6.45, 7) is 1.10. The molecule has 0 radical (unpaired) electrons. The fraction of sp³-hybridized carbons (Fsp3) is 0.632. The van der Waals surface area contributed by atoms with Crippen molar-refractivity contribution < 1.29 is 4.79 Å². The zero-order valence-corrected chi connectivity index (χ0v) is 16.2. The van der Waals surface area contributed by atoms with Gasteiger partial charge < -0.3 is 16.0 Å². The lowest BCUT2D eigenvalue weighted by molar-refractivity contribution is -0.133. The highest BCUT2D eigenvalue weighted by molar-refractivity contribution is 6.42. The van der Waals surface area contributed by atoms with E-state index in [1.54, 1.807) is 12.1 Å². The summed E-state index contributed by atoms with van der Waals surface area (Å²) in [6, 6.07) is 4.19. The van der Waals surface area contributed by atoms with Gasteiger partial charge in [-0.3, -0.25) is 4.79 Å². The molecule has 0 aromatic heterocycles. The first-order valence-electron chi connectivity index (χ1n) is 9.20. The number of anilines is 1. The van der Waals surface area contributed by atoms with E-state index in [1.807, 2.05) is 11.9 Å². The van der Waals surface area contributed by atoms with Crippen molar-refractivity contribution in [1.82, 2.24) is 10.2 Å². The number of amides is 1. The van der Waals surface area contributed by atoms with Crippen molar-refractivity contribution in [3.8, 4) is 0 Å². The molecular formula is C19H27Cl2N3O. The average Bonchev–Trinajstić information content (AvgIpc) is 3.13. The van der Waals surface area contributed by atoms with Crippen LogP contribution in [-0.2, 0) is 11.2 Å². The molecule has 1 amide bonds. The van der Waals surface area contributed by atoms with Crippen LogP contribution in [0.5, 0.6) is 0 Å². The Kier molecular flexibility index (Phi) is 6.13. The first-order valence-corrected chi connectivity index (χ1v) is 9.95. The van der Waals surface area contributed by atoms with Crippen molar-refractivity contribution in [3.05, 3.63) is 27.7 Å². The minimum absolute atomic E-state index is 0.0972. The third-order valence-electron chi connectivity index (χ3n) is 5.81. The first-order chi connectivity index (χ1) is 12.0. The number of carbonyl (C=O) groups excluding carboxylic acids is 1. The Labute approximate surface area is 160 Å². The molecular weight excluding hydrogens is 357 g/mol. The van der Waals surface area contributed by atoms with Gasteiger partial charge in [-0.2, -0.15) is 0 Å². The number of nitrogens with one attached hydrogen (secondary N) is 1. The van der Waals surface area contributed by atoms with Gasteiger partial charge >= 0.3 is 0 Å². The van der Waals surface area contributed by atoms with Crippen LogP contribution in [0.4, 0.5) is 5.69 Å². The third kappa shape index (κ3) is 4.24. The minimum Gasteiger partial charge on any atom is -0.398 e. The SMILES string of the molecule is CN(C(=O)Cc1cc(Cl)c(Cl)cc1N)C1CCCCC1C1CCCN1. The van der Waals surface area contributed by atoms with E-state index in [-0.39, 0.29) is 12.3 Å². The third-order valence-corrected chi connectivity index (χ3v) is 6.53. The lowest BCUT2D eigenvalue weighted by Gasteiger charge is -2.41. The molecule has 3 rings (SSSR count). The molecule has 3 N–H and O–H groups in total.